The monoisotopic (exact) mass is 424 g/mol. The van der Waals surface area contributed by atoms with E-state index in [-0.39, 0.29) is 34.7 Å². The van der Waals surface area contributed by atoms with Gasteiger partial charge in [-0.1, -0.05) is 36.4 Å². The topological polar surface area (TPSA) is 59.4 Å². The quantitative estimate of drug-likeness (QED) is 0.647. The molecule has 2 aliphatic rings. The van der Waals surface area contributed by atoms with Gasteiger partial charge in [-0.25, -0.2) is 12.8 Å². The molecule has 0 aliphatic carbocycles. The number of nitrogens with zero attached hydrogens (tertiary/aromatic N) is 2. The van der Waals surface area contributed by atoms with E-state index in [2.05, 4.69) is 0 Å². The van der Waals surface area contributed by atoms with Gasteiger partial charge in [-0.05, 0) is 36.6 Å². The van der Waals surface area contributed by atoms with Gasteiger partial charge in [-0.2, -0.15) is 4.31 Å². The Morgan fingerprint density at radius 1 is 0.833 bits per heavy atom. The first-order valence-corrected chi connectivity index (χ1v) is 11.4. The SMILES string of the molecule is O=c1ccc(-c2ccccc2F)c2n1C[C@H]1C[C@@H]2CN(S(=O)(=O)c2ccccc2)C1. The van der Waals surface area contributed by atoms with E-state index in [4.69, 9.17) is 0 Å². The minimum atomic E-state index is -3.63. The van der Waals surface area contributed by atoms with Gasteiger partial charge in [0.2, 0.25) is 10.0 Å². The zero-order valence-electron chi connectivity index (χ0n) is 16.2. The predicted octanol–water partition coefficient (Wildman–Crippen LogP) is 3.46. The van der Waals surface area contributed by atoms with Crippen molar-refractivity contribution in [2.45, 2.75) is 23.8 Å². The number of sulfonamides is 1. The summed E-state index contributed by atoms with van der Waals surface area (Å²) >= 11 is 0. The Bertz CT molecular complexity index is 1270. The minimum Gasteiger partial charge on any atom is -0.311 e. The molecule has 0 amide bonds. The van der Waals surface area contributed by atoms with Gasteiger partial charge in [-0.15, -0.1) is 0 Å². The molecule has 0 radical (unpaired) electrons. The van der Waals surface area contributed by atoms with Crippen LogP contribution in [0.15, 0.2) is 76.4 Å². The van der Waals surface area contributed by atoms with Crippen LogP contribution in [0.1, 0.15) is 18.0 Å². The molecule has 0 N–H and O–H groups in total. The molecule has 2 aromatic carbocycles. The van der Waals surface area contributed by atoms with E-state index in [1.54, 1.807) is 59.2 Å². The van der Waals surface area contributed by atoms with Crippen molar-refractivity contribution >= 4 is 10.0 Å². The molecule has 2 atom stereocenters. The highest BCUT2D eigenvalue weighted by Crippen LogP contribution is 2.41. The van der Waals surface area contributed by atoms with E-state index >= 15 is 0 Å². The van der Waals surface area contributed by atoms with E-state index in [1.807, 2.05) is 0 Å². The Hall–Kier alpha value is -2.77. The summed E-state index contributed by atoms with van der Waals surface area (Å²) in [5.74, 6) is -0.478. The van der Waals surface area contributed by atoms with Crippen LogP contribution >= 0.6 is 0 Å². The van der Waals surface area contributed by atoms with Gasteiger partial charge in [0.05, 0.1) is 4.90 Å². The number of piperidine rings is 1. The molecule has 154 valence electrons. The lowest BCUT2D eigenvalue weighted by Crippen LogP contribution is -2.49. The van der Waals surface area contributed by atoms with Gasteiger partial charge in [0.15, 0.2) is 0 Å². The van der Waals surface area contributed by atoms with E-state index in [9.17, 15) is 17.6 Å². The highest BCUT2D eigenvalue weighted by molar-refractivity contribution is 7.89. The first kappa shape index (κ1) is 19.2. The molecule has 2 aliphatic heterocycles. The highest BCUT2D eigenvalue weighted by Gasteiger charge is 2.40. The largest absolute Gasteiger partial charge is 0.311 e. The molecule has 5 nitrogen and oxygen atoms in total. The summed E-state index contributed by atoms with van der Waals surface area (Å²) in [5.41, 5.74) is 1.70. The van der Waals surface area contributed by atoms with Gasteiger partial charge < -0.3 is 4.57 Å². The number of benzene rings is 2. The highest BCUT2D eigenvalue weighted by atomic mass is 32.2. The van der Waals surface area contributed by atoms with E-state index < -0.39 is 10.0 Å². The molecule has 5 rings (SSSR count). The summed E-state index contributed by atoms with van der Waals surface area (Å²) in [4.78, 5) is 12.9. The van der Waals surface area contributed by atoms with E-state index in [0.717, 1.165) is 12.1 Å². The maximum Gasteiger partial charge on any atom is 0.250 e. The van der Waals surface area contributed by atoms with Gasteiger partial charge >= 0.3 is 0 Å². The number of hydrogen-bond donors (Lipinski definition) is 0. The van der Waals surface area contributed by atoms with Crippen LogP contribution < -0.4 is 5.56 Å². The second-order valence-electron chi connectivity index (χ2n) is 7.99. The van der Waals surface area contributed by atoms with Crippen molar-refractivity contribution in [3.8, 4) is 11.1 Å². The van der Waals surface area contributed by atoms with Gasteiger partial charge in [0, 0.05) is 48.4 Å². The second-order valence-corrected chi connectivity index (χ2v) is 9.93. The molecule has 1 saturated heterocycles. The standard InChI is InChI=1S/C23H21FN2O3S/c24-21-9-5-4-8-19(21)20-10-11-22(27)26-14-16-12-17(23(20)26)15-25(13-16)30(28,29)18-6-2-1-3-7-18/h1-11,16-17H,12-15H2/t16-,17+/m0/s1. The first-order chi connectivity index (χ1) is 14.4. The van der Waals surface area contributed by atoms with Crippen molar-refractivity contribution in [1.29, 1.82) is 0 Å². The third-order valence-corrected chi connectivity index (χ3v) is 7.95. The second kappa shape index (κ2) is 7.18. The summed E-state index contributed by atoms with van der Waals surface area (Å²) in [6.45, 7) is 1.09. The van der Waals surface area contributed by atoms with Crippen LogP contribution in [0.2, 0.25) is 0 Å². The fraction of sp³-hybridized carbons (Fsp3) is 0.261. The summed E-state index contributed by atoms with van der Waals surface area (Å²) in [5, 5.41) is 0. The van der Waals surface area contributed by atoms with E-state index in [0.29, 0.717) is 24.2 Å². The first-order valence-electron chi connectivity index (χ1n) is 9.99. The number of rotatable bonds is 3. The zero-order valence-corrected chi connectivity index (χ0v) is 17.1. The predicted molar refractivity (Wildman–Crippen MR) is 112 cm³/mol. The maximum absolute atomic E-state index is 14.6. The fourth-order valence-electron chi connectivity index (χ4n) is 4.82. The number of fused-ring (bicyclic) bond motifs is 4. The molecule has 3 heterocycles. The van der Waals surface area contributed by atoms with Crippen LogP contribution in [0.25, 0.3) is 11.1 Å². The molecule has 3 aromatic rings. The lowest BCUT2D eigenvalue weighted by molar-refractivity contribution is 0.187. The van der Waals surface area contributed by atoms with Gasteiger partial charge in [-0.3, -0.25) is 4.79 Å². The molecule has 1 fully saturated rings. The number of halogens is 1. The van der Waals surface area contributed by atoms with Crippen LogP contribution in [0, 0.1) is 11.7 Å². The van der Waals surface area contributed by atoms with Crippen molar-refractivity contribution in [2.24, 2.45) is 5.92 Å². The summed E-state index contributed by atoms with van der Waals surface area (Å²) in [6.07, 6.45) is 0.783. The Morgan fingerprint density at radius 3 is 2.33 bits per heavy atom. The average Bonchev–Trinajstić information content (AvgIpc) is 2.75. The summed E-state index contributed by atoms with van der Waals surface area (Å²) in [7, 11) is -3.63. The van der Waals surface area contributed by atoms with Crippen molar-refractivity contribution < 1.29 is 12.8 Å². The lowest BCUT2D eigenvalue weighted by atomic mass is 9.81. The van der Waals surface area contributed by atoms with Gasteiger partial charge in [0.25, 0.3) is 5.56 Å². The number of pyridine rings is 1. The van der Waals surface area contributed by atoms with Crippen molar-refractivity contribution in [2.75, 3.05) is 13.1 Å². The Morgan fingerprint density at radius 2 is 1.57 bits per heavy atom. The molecule has 1 aromatic heterocycles. The molecule has 7 heteroatoms. The number of hydrogen-bond acceptors (Lipinski definition) is 3. The minimum absolute atomic E-state index is 0.0447. The van der Waals surface area contributed by atoms with Crippen molar-refractivity contribution in [3.63, 3.8) is 0 Å². The van der Waals surface area contributed by atoms with E-state index in [1.165, 1.54) is 16.4 Å². The number of aromatic nitrogens is 1. The smallest absolute Gasteiger partial charge is 0.250 e. The normalized spacial score (nSPS) is 21.2. The Kier molecular flexibility index (Phi) is 4.60. The molecule has 0 spiro atoms. The van der Waals surface area contributed by atoms with Crippen LogP contribution in [-0.4, -0.2) is 30.4 Å². The van der Waals surface area contributed by atoms with Crippen molar-refractivity contribution in [1.82, 2.24) is 8.87 Å². The lowest BCUT2D eigenvalue weighted by Gasteiger charge is -2.42. The maximum atomic E-state index is 14.6. The summed E-state index contributed by atoms with van der Waals surface area (Å²) in [6, 6.07) is 18.0. The van der Waals surface area contributed by atoms with Crippen molar-refractivity contribution in [3.05, 3.63) is 88.6 Å². The van der Waals surface area contributed by atoms with Crippen LogP contribution in [0.3, 0.4) is 0 Å². The Labute approximate surface area is 174 Å². The van der Waals surface area contributed by atoms with Crippen LogP contribution in [-0.2, 0) is 16.6 Å². The third-order valence-electron chi connectivity index (χ3n) is 6.10. The van der Waals surface area contributed by atoms with Crippen LogP contribution in [0.4, 0.5) is 4.39 Å². The average molecular weight is 424 g/mol. The van der Waals surface area contributed by atoms with Crippen LogP contribution in [0.5, 0.6) is 0 Å². The molecular weight excluding hydrogens is 403 g/mol. The molecular formula is C23H21FN2O3S. The zero-order chi connectivity index (χ0) is 20.9. The molecule has 2 bridgehead atoms. The molecule has 30 heavy (non-hydrogen) atoms. The fourth-order valence-corrected chi connectivity index (χ4v) is 6.40. The molecule has 0 saturated carbocycles. The molecule has 0 unspecified atom stereocenters. The third kappa shape index (κ3) is 3.09. The summed E-state index contributed by atoms with van der Waals surface area (Å²) < 4.78 is 44.2. The Balaban J connectivity index is 1.60. The van der Waals surface area contributed by atoms with Gasteiger partial charge in [0.1, 0.15) is 5.82 Å².